The molecule has 0 saturated carbocycles. The number of ether oxygens (including phenoxy) is 1. The summed E-state index contributed by atoms with van der Waals surface area (Å²) >= 11 is 11.4. The highest BCUT2D eigenvalue weighted by Gasteiger charge is 2.33. The quantitative estimate of drug-likeness (QED) is 0.553. The summed E-state index contributed by atoms with van der Waals surface area (Å²) in [5.41, 5.74) is 1.85. The molecule has 1 atom stereocenters. The van der Waals surface area contributed by atoms with E-state index in [2.05, 4.69) is 22.0 Å². The van der Waals surface area contributed by atoms with Crippen LogP contribution in [0.25, 0.3) is 0 Å². The zero-order valence-electron chi connectivity index (χ0n) is 13.8. The van der Waals surface area contributed by atoms with Crippen molar-refractivity contribution in [3.05, 3.63) is 55.1 Å². The smallest absolute Gasteiger partial charge is 0.410 e. The summed E-state index contributed by atoms with van der Waals surface area (Å²) in [5.74, 6) is 0.0839. The SMILES string of the molecule is CC(C)(C)OC(=O)N1Cc2sc(Cl)cc2[C@H](c2ccccc2Br)C1. The second-order valence-electron chi connectivity index (χ2n) is 6.86. The molecule has 0 aliphatic carbocycles. The second kappa shape index (κ2) is 6.70. The van der Waals surface area contributed by atoms with Crippen molar-refractivity contribution in [1.82, 2.24) is 4.90 Å². The third-order valence-corrected chi connectivity index (χ3v) is 5.84. The molecule has 1 aliphatic heterocycles. The Morgan fingerprint density at radius 2 is 2.04 bits per heavy atom. The minimum absolute atomic E-state index is 0.0839. The first kappa shape index (κ1) is 17.8. The summed E-state index contributed by atoms with van der Waals surface area (Å²) in [4.78, 5) is 15.4. The molecule has 0 radical (unpaired) electrons. The first-order chi connectivity index (χ1) is 11.2. The predicted octanol–water partition coefficient (Wildman–Crippen LogP) is 6.05. The predicted molar refractivity (Wildman–Crippen MR) is 102 cm³/mol. The molecule has 0 unspecified atom stereocenters. The van der Waals surface area contributed by atoms with Crippen LogP contribution < -0.4 is 0 Å². The monoisotopic (exact) mass is 427 g/mol. The van der Waals surface area contributed by atoms with Gasteiger partial charge < -0.3 is 9.64 Å². The van der Waals surface area contributed by atoms with E-state index in [1.165, 1.54) is 16.9 Å². The van der Waals surface area contributed by atoms with Gasteiger partial charge >= 0.3 is 6.09 Å². The summed E-state index contributed by atoms with van der Waals surface area (Å²) < 4.78 is 7.35. The van der Waals surface area contributed by atoms with Crippen LogP contribution in [-0.2, 0) is 11.3 Å². The number of carbonyl (C=O) groups excluding carboxylic acids is 1. The zero-order valence-corrected chi connectivity index (χ0v) is 17.0. The topological polar surface area (TPSA) is 29.5 Å². The molecule has 1 amide bonds. The van der Waals surface area contributed by atoms with Gasteiger partial charge in [-0.05, 0) is 44.0 Å². The van der Waals surface area contributed by atoms with Crippen molar-refractivity contribution in [2.24, 2.45) is 0 Å². The molecule has 3 nitrogen and oxygen atoms in total. The lowest BCUT2D eigenvalue weighted by Gasteiger charge is -2.34. The molecule has 128 valence electrons. The van der Waals surface area contributed by atoms with E-state index in [0.717, 1.165) is 19.2 Å². The van der Waals surface area contributed by atoms with E-state index in [1.807, 2.05) is 45.0 Å². The summed E-state index contributed by atoms with van der Waals surface area (Å²) in [6.07, 6.45) is -0.283. The van der Waals surface area contributed by atoms with Crippen molar-refractivity contribution in [1.29, 1.82) is 0 Å². The van der Waals surface area contributed by atoms with Crippen molar-refractivity contribution in [2.75, 3.05) is 6.54 Å². The van der Waals surface area contributed by atoms with E-state index in [9.17, 15) is 4.79 Å². The van der Waals surface area contributed by atoms with E-state index in [-0.39, 0.29) is 12.0 Å². The minimum atomic E-state index is -0.507. The first-order valence-electron chi connectivity index (χ1n) is 7.75. The number of rotatable bonds is 1. The van der Waals surface area contributed by atoms with Crippen LogP contribution in [-0.4, -0.2) is 23.1 Å². The van der Waals surface area contributed by atoms with Gasteiger partial charge in [-0.15, -0.1) is 11.3 Å². The van der Waals surface area contributed by atoms with E-state index in [1.54, 1.807) is 4.90 Å². The van der Waals surface area contributed by atoms with Gasteiger partial charge in [0.25, 0.3) is 0 Å². The van der Waals surface area contributed by atoms with Crippen LogP contribution in [0.1, 0.15) is 42.7 Å². The third-order valence-electron chi connectivity index (χ3n) is 3.86. The van der Waals surface area contributed by atoms with Crippen molar-refractivity contribution < 1.29 is 9.53 Å². The van der Waals surface area contributed by atoms with Gasteiger partial charge in [0.2, 0.25) is 0 Å². The Balaban J connectivity index is 1.96. The number of halogens is 2. The molecule has 6 heteroatoms. The van der Waals surface area contributed by atoms with Crippen LogP contribution in [0.4, 0.5) is 4.79 Å². The maximum atomic E-state index is 12.6. The van der Waals surface area contributed by atoms with Gasteiger partial charge in [-0.1, -0.05) is 45.7 Å². The zero-order chi connectivity index (χ0) is 17.5. The summed E-state index contributed by atoms with van der Waals surface area (Å²) in [6.45, 7) is 6.77. The molecule has 0 N–H and O–H groups in total. The molecule has 3 rings (SSSR count). The fraction of sp³-hybridized carbons (Fsp3) is 0.389. The highest BCUT2D eigenvalue weighted by molar-refractivity contribution is 9.10. The van der Waals surface area contributed by atoms with Crippen LogP contribution >= 0.6 is 38.9 Å². The number of fused-ring (bicyclic) bond motifs is 1. The van der Waals surface area contributed by atoms with E-state index in [0.29, 0.717) is 13.1 Å². The molecule has 1 aliphatic rings. The van der Waals surface area contributed by atoms with E-state index in [4.69, 9.17) is 16.3 Å². The Morgan fingerprint density at radius 3 is 2.71 bits per heavy atom. The third kappa shape index (κ3) is 3.79. The fourth-order valence-electron chi connectivity index (χ4n) is 2.87. The maximum Gasteiger partial charge on any atom is 0.410 e. The highest BCUT2D eigenvalue weighted by Crippen LogP contribution is 2.42. The Morgan fingerprint density at radius 1 is 1.33 bits per heavy atom. The molecule has 2 aromatic rings. The van der Waals surface area contributed by atoms with Gasteiger partial charge in [-0.3, -0.25) is 0 Å². The fourth-order valence-corrected chi connectivity index (χ4v) is 4.79. The number of hydrogen-bond donors (Lipinski definition) is 0. The lowest BCUT2D eigenvalue weighted by atomic mass is 9.88. The molecule has 0 fully saturated rings. The molecule has 0 spiro atoms. The van der Waals surface area contributed by atoms with Crippen molar-refractivity contribution in [2.45, 2.75) is 38.8 Å². The van der Waals surface area contributed by atoms with Gasteiger partial charge in [-0.2, -0.15) is 0 Å². The minimum Gasteiger partial charge on any atom is -0.444 e. The normalized spacial score (nSPS) is 17.5. The standard InChI is InChI=1S/C18H19BrClNO2S/c1-18(2,3)23-17(22)21-9-13(11-6-4-5-7-14(11)19)12-8-16(20)24-15(12)10-21/h4-8,13H,9-10H2,1-3H3/t13-/m0/s1. The van der Waals surface area contributed by atoms with Crippen molar-refractivity contribution in [3.63, 3.8) is 0 Å². The number of amides is 1. The Labute approximate surface area is 159 Å². The van der Waals surface area contributed by atoms with Gasteiger partial charge in [0.05, 0.1) is 10.9 Å². The van der Waals surface area contributed by atoms with Gasteiger partial charge in [0, 0.05) is 21.8 Å². The maximum absolute atomic E-state index is 12.6. The average Bonchev–Trinajstić information content (AvgIpc) is 2.85. The van der Waals surface area contributed by atoms with Gasteiger partial charge in [0.1, 0.15) is 5.60 Å². The van der Waals surface area contributed by atoms with Crippen molar-refractivity contribution in [3.8, 4) is 0 Å². The average molecular weight is 429 g/mol. The molecular formula is C18H19BrClNO2S. The second-order valence-corrected chi connectivity index (χ2v) is 9.49. The first-order valence-corrected chi connectivity index (χ1v) is 9.74. The number of nitrogens with zero attached hydrogens (tertiary/aromatic N) is 1. The molecule has 1 aromatic carbocycles. The van der Waals surface area contributed by atoms with Gasteiger partial charge in [0.15, 0.2) is 0 Å². The lowest BCUT2D eigenvalue weighted by Crippen LogP contribution is -2.41. The molecule has 2 heterocycles. The number of carbonyl (C=O) groups is 1. The Bertz CT molecular complexity index is 769. The summed E-state index contributed by atoms with van der Waals surface area (Å²) in [6, 6.07) is 10.1. The van der Waals surface area contributed by atoms with Crippen LogP contribution in [0.2, 0.25) is 4.34 Å². The van der Waals surface area contributed by atoms with Crippen LogP contribution in [0, 0.1) is 0 Å². The molecule has 0 bridgehead atoms. The molecular weight excluding hydrogens is 410 g/mol. The number of benzene rings is 1. The van der Waals surface area contributed by atoms with E-state index < -0.39 is 5.60 Å². The summed E-state index contributed by atoms with van der Waals surface area (Å²) in [7, 11) is 0. The highest BCUT2D eigenvalue weighted by atomic mass is 79.9. The van der Waals surface area contributed by atoms with E-state index >= 15 is 0 Å². The van der Waals surface area contributed by atoms with Crippen molar-refractivity contribution >= 4 is 45.0 Å². The van der Waals surface area contributed by atoms with Crippen LogP contribution in [0.3, 0.4) is 0 Å². The van der Waals surface area contributed by atoms with Crippen LogP contribution in [0.15, 0.2) is 34.8 Å². The molecule has 1 aromatic heterocycles. The number of hydrogen-bond acceptors (Lipinski definition) is 3. The van der Waals surface area contributed by atoms with Crippen LogP contribution in [0.5, 0.6) is 0 Å². The molecule has 0 saturated heterocycles. The largest absolute Gasteiger partial charge is 0.444 e. The Hall–Kier alpha value is -1.04. The van der Waals surface area contributed by atoms with Gasteiger partial charge in [-0.25, -0.2) is 4.79 Å². The summed E-state index contributed by atoms with van der Waals surface area (Å²) in [5, 5.41) is 0. The lowest BCUT2D eigenvalue weighted by molar-refractivity contribution is 0.0216. The Kier molecular flexibility index (Phi) is 4.96. The number of thiophene rings is 1. The molecule has 24 heavy (non-hydrogen) atoms.